The molecule has 0 aliphatic rings. The van der Waals surface area contributed by atoms with Crippen LogP contribution in [0.4, 0.5) is 0 Å². The van der Waals surface area contributed by atoms with Gasteiger partial charge in [0.2, 0.25) is 5.96 Å². The van der Waals surface area contributed by atoms with Crippen molar-refractivity contribution >= 4 is 64.8 Å². The van der Waals surface area contributed by atoms with Gasteiger partial charge in [-0.15, -0.1) is 5.10 Å². The Morgan fingerprint density at radius 3 is 1.83 bits per heavy atom. The van der Waals surface area contributed by atoms with Crippen molar-refractivity contribution in [1.29, 1.82) is 0 Å². The average molecular weight is 491 g/mol. The van der Waals surface area contributed by atoms with Crippen LogP contribution in [-0.4, -0.2) is 31.6 Å². The molecule has 160 valence electrons. The Kier molecular flexibility index (Phi) is 9.52. The molecule has 0 spiro atoms. The van der Waals surface area contributed by atoms with Crippen LogP contribution < -0.4 is 20.6 Å². The summed E-state index contributed by atoms with van der Waals surface area (Å²) in [5, 5.41) is 13.2. The van der Waals surface area contributed by atoms with Crippen molar-refractivity contribution in [2.75, 3.05) is 13.2 Å². The van der Waals surface area contributed by atoms with Crippen LogP contribution in [0.3, 0.4) is 0 Å². The number of nitrogens with one attached hydrogen (secondary N) is 1. The third kappa shape index (κ3) is 6.95. The molecule has 7 nitrogen and oxygen atoms in total. The summed E-state index contributed by atoms with van der Waals surface area (Å²) in [6, 6.07) is 6.47. The third-order valence-corrected chi connectivity index (χ3v) is 4.89. The number of nitrogens with two attached hydrogens (primary N) is 1. The van der Waals surface area contributed by atoms with Gasteiger partial charge in [0.15, 0.2) is 0 Å². The number of ether oxygens (including phenoxy) is 2. The van der Waals surface area contributed by atoms with E-state index in [1.165, 1.54) is 12.4 Å². The lowest BCUT2D eigenvalue weighted by Crippen LogP contribution is -2.26. The zero-order valence-electron chi connectivity index (χ0n) is 16.1. The molecule has 11 heteroatoms. The lowest BCUT2D eigenvalue weighted by Gasteiger charge is -2.08. The first kappa shape index (κ1) is 24.1. The van der Waals surface area contributed by atoms with Crippen molar-refractivity contribution in [2.24, 2.45) is 21.0 Å². The maximum Gasteiger partial charge on any atom is 0.234 e. The molecule has 0 unspecified atom stereocenters. The second-order valence-electron chi connectivity index (χ2n) is 5.57. The zero-order chi connectivity index (χ0) is 22.1. The Morgan fingerprint density at radius 1 is 0.867 bits per heavy atom. The van der Waals surface area contributed by atoms with E-state index in [1.807, 2.05) is 13.8 Å². The highest BCUT2D eigenvalue weighted by atomic mass is 35.5. The lowest BCUT2D eigenvalue weighted by molar-refractivity contribution is 0.339. The van der Waals surface area contributed by atoms with Crippen molar-refractivity contribution in [3.63, 3.8) is 0 Å². The standard InChI is InChI=1S/C19H19Cl4N5O2/c1-3-29-17-7-15(22)13(20)5-11(17)9-25-27-19(24)28-26-10-12-6-14(21)16(23)8-18(12)30-4-2/h5-10H,3-4H2,1-2H3,(H3,24,27,28). The van der Waals surface area contributed by atoms with Gasteiger partial charge in [0.25, 0.3) is 0 Å². The van der Waals surface area contributed by atoms with Crippen LogP contribution in [0.25, 0.3) is 0 Å². The SMILES string of the molecule is CCOc1cc(Cl)c(Cl)cc1C=NN=C(N)NN=Cc1cc(Cl)c(Cl)cc1OCC. The highest BCUT2D eigenvalue weighted by molar-refractivity contribution is 6.42. The molecule has 0 aliphatic carbocycles. The van der Waals surface area contributed by atoms with E-state index in [0.717, 1.165) is 0 Å². The summed E-state index contributed by atoms with van der Waals surface area (Å²) in [5.41, 5.74) is 9.53. The minimum Gasteiger partial charge on any atom is -0.493 e. The molecular weight excluding hydrogens is 472 g/mol. The maximum absolute atomic E-state index is 6.05. The predicted molar refractivity (Wildman–Crippen MR) is 125 cm³/mol. The molecule has 0 aromatic heterocycles. The Labute approximate surface area is 194 Å². The van der Waals surface area contributed by atoms with Crippen molar-refractivity contribution in [3.05, 3.63) is 55.5 Å². The summed E-state index contributed by atoms with van der Waals surface area (Å²) in [6.45, 7) is 4.63. The van der Waals surface area contributed by atoms with Gasteiger partial charge in [0.05, 0.1) is 45.7 Å². The number of rotatable bonds is 8. The zero-order valence-corrected chi connectivity index (χ0v) is 19.1. The Bertz CT molecular complexity index is 980. The molecule has 0 aliphatic heterocycles. The first-order chi connectivity index (χ1) is 14.3. The fourth-order valence-electron chi connectivity index (χ4n) is 2.19. The highest BCUT2D eigenvalue weighted by Gasteiger charge is 2.08. The molecule has 2 rings (SSSR count). The first-order valence-corrected chi connectivity index (χ1v) is 10.3. The van der Waals surface area contributed by atoms with E-state index in [-0.39, 0.29) is 5.96 Å². The number of hydrogen-bond acceptors (Lipinski definition) is 5. The van der Waals surface area contributed by atoms with Gasteiger partial charge in [-0.3, -0.25) is 0 Å². The van der Waals surface area contributed by atoms with E-state index in [2.05, 4.69) is 20.7 Å². The molecule has 30 heavy (non-hydrogen) atoms. The minimum atomic E-state index is -0.0430. The molecule has 0 atom stereocenters. The fraction of sp³-hybridized carbons (Fsp3) is 0.211. The monoisotopic (exact) mass is 489 g/mol. The van der Waals surface area contributed by atoms with Crippen LogP contribution in [0.1, 0.15) is 25.0 Å². The van der Waals surface area contributed by atoms with Gasteiger partial charge in [0.1, 0.15) is 11.5 Å². The Hall–Kier alpha value is -2.19. The molecule has 0 saturated heterocycles. The summed E-state index contributed by atoms with van der Waals surface area (Å²) >= 11 is 24.1. The second-order valence-corrected chi connectivity index (χ2v) is 7.20. The summed E-state index contributed by atoms with van der Waals surface area (Å²) in [7, 11) is 0. The molecule has 3 N–H and O–H groups in total. The lowest BCUT2D eigenvalue weighted by atomic mass is 10.2. The summed E-state index contributed by atoms with van der Waals surface area (Å²) in [4.78, 5) is 0. The molecule has 2 aromatic carbocycles. The van der Waals surface area contributed by atoms with E-state index >= 15 is 0 Å². The van der Waals surface area contributed by atoms with Crippen LogP contribution in [0.5, 0.6) is 11.5 Å². The quantitative estimate of drug-likeness (QED) is 0.295. The van der Waals surface area contributed by atoms with E-state index in [9.17, 15) is 0 Å². The largest absolute Gasteiger partial charge is 0.493 e. The highest BCUT2D eigenvalue weighted by Crippen LogP contribution is 2.30. The van der Waals surface area contributed by atoms with Crippen molar-refractivity contribution in [1.82, 2.24) is 5.43 Å². The topological polar surface area (TPSA) is 93.6 Å². The van der Waals surface area contributed by atoms with Crippen molar-refractivity contribution in [3.8, 4) is 11.5 Å². The maximum atomic E-state index is 6.05. The number of hydrazone groups is 1. The van der Waals surface area contributed by atoms with Crippen molar-refractivity contribution in [2.45, 2.75) is 13.8 Å². The first-order valence-electron chi connectivity index (χ1n) is 8.74. The van der Waals surface area contributed by atoms with E-state index < -0.39 is 0 Å². The van der Waals surface area contributed by atoms with E-state index in [0.29, 0.717) is 55.9 Å². The molecule has 0 fully saturated rings. The van der Waals surface area contributed by atoms with Gasteiger partial charge in [0, 0.05) is 23.3 Å². The fourth-order valence-corrected chi connectivity index (χ4v) is 2.85. The average Bonchev–Trinajstić information content (AvgIpc) is 2.69. The van der Waals surface area contributed by atoms with Gasteiger partial charge in [-0.2, -0.15) is 10.2 Å². The van der Waals surface area contributed by atoms with E-state index in [4.69, 9.17) is 61.6 Å². The van der Waals surface area contributed by atoms with Crippen LogP contribution in [0.2, 0.25) is 20.1 Å². The third-order valence-electron chi connectivity index (χ3n) is 3.45. The van der Waals surface area contributed by atoms with E-state index in [1.54, 1.807) is 24.3 Å². The number of nitrogens with zero attached hydrogens (tertiary/aromatic N) is 3. The summed E-state index contributed by atoms with van der Waals surface area (Å²) in [6.07, 6.45) is 2.92. The predicted octanol–water partition coefficient (Wildman–Crippen LogP) is 5.37. The van der Waals surface area contributed by atoms with Crippen LogP contribution >= 0.6 is 46.4 Å². The smallest absolute Gasteiger partial charge is 0.234 e. The number of hydrogen-bond donors (Lipinski definition) is 2. The Morgan fingerprint density at radius 2 is 1.33 bits per heavy atom. The molecule has 0 heterocycles. The van der Waals surface area contributed by atoms with Gasteiger partial charge in [-0.05, 0) is 26.0 Å². The van der Waals surface area contributed by atoms with Crippen molar-refractivity contribution < 1.29 is 9.47 Å². The number of halogens is 4. The summed E-state index contributed by atoms with van der Waals surface area (Å²) in [5.74, 6) is 1.02. The normalized spacial score (nSPS) is 12.0. The molecule has 0 saturated carbocycles. The minimum absolute atomic E-state index is 0.0430. The molecular formula is C19H19Cl4N5O2. The van der Waals surface area contributed by atoms with Crippen LogP contribution in [0, 0.1) is 0 Å². The second kappa shape index (κ2) is 11.9. The molecule has 0 radical (unpaired) electrons. The van der Waals surface area contributed by atoms with Gasteiger partial charge in [-0.1, -0.05) is 46.4 Å². The van der Waals surface area contributed by atoms with Gasteiger partial charge < -0.3 is 15.2 Å². The van der Waals surface area contributed by atoms with Gasteiger partial charge in [-0.25, -0.2) is 5.43 Å². The number of guanidine groups is 1. The van der Waals surface area contributed by atoms with Gasteiger partial charge >= 0.3 is 0 Å². The molecule has 2 aromatic rings. The van der Waals surface area contributed by atoms with Crippen LogP contribution in [-0.2, 0) is 0 Å². The molecule has 0 bridgehead atoms. The number of benzene rings is 2. The summed E-state index contributed by atoms with van der Waals surface area (Å²) < 4.78 is 11.0. The van der Waals surface area contributed by atoms with Crippen LogP contribution in [0.15, 0.2) is 39.6 Å². The molecule has 0 amide bonds. The Balaban J connectivity index is 2.10.